The highest BCUT2D eigenvalue weighted by Gasteiger charge is 1.95. The Morgan fingerprint density at radius 3 is 2.10 bits per heavy atom. The van der Waals surface area contributed by atoms with Gasteiger partial charge in [0.25, 0.3) is 0 Å². The van der Waals surface area contributed by atoms with Crippen molar-refractivity contribution in [2.24, 2.45) is 0 Å². The van der Waals surface area contributed by atoms with E-state index in [1.807, 2.05) is 0 Å². The van der Waals surface area contributed by atoms with Crippen molar-refractivity contribution >= 4 is 5.97 Å². The zero-order chi connectivity index (χ0) is 14.9. The summed E-state index contributed by atoms with van der Waals surface area (Å²) in [5.41, 5.74) is 0. The molecule has 0 unspecified atom stereocenters. The zero-order valence-electron chi connectivity index (χ0n) is 12.9. The maximum absolute atomic E-state index is 10.3. The molecule has 0 aliphatic carbocycles. The van der Waals surface area contributed by atoms with Crippen molar-refractivity contribution in [1.29, 1.82) is 0 Å². The van der Waals surface area contributed by atoms with Gasteiger partial charge in [0.2, 0.25) is 0 Å². The van der Waals surface area contributed by atoms with Crippen LogP contribution >= 0.6 is 0 Å². The molecule has 0 saturated heterocycles. The molecule has 0 radical (unpaired) electrons. The van der Waals surface area contributed by atoms with E-state index in [4.69, 9.17) is 5.11 Å². The van der Waals surface area contributed by atoms with E-state index in [2.05, 4.69) is 43.4 Å². The van der Waals surface area contributed by atoms with Crippen molar-refractivity contribution in [2.75, 3.05) is 0 Å². The van der Waals surface area contributed by atoms with Crippen molar-refractivity contribution in [3.05, 3.63) is 36.5 Å². The third-order valence-corrected chi connectivity index (χ3v) is 3.02. The predicted octanol–water partition coefficient (Wildman–Crippen LogP) is 5.66. The van der Waals surface area contributed by atoms with Crippen molar-refractivity contribution < 1.29 is 9.90 Å². The molecule has 0 aromatic carbocycles. The monoisotopic (exact) mass is 278 g/mol. The number of carboxylic acids is 1. The van der Waals surface area contributed by atoms with Crippen LogP contribution in [0.4, 0.5) is 0 Å². The molecule has 0 aromatic heterocycles. The van der Waals surface area contributed by atoms with Crippen molar-refractivity contribution in [3.8, 4) is 0 Å². The molecule has 0 amide bonds. The molecule has 2 nitrogen and oxygen atoms in total. The minimum Gasteiger partial charge on any atom is -0.481 e. The number of hydrogen-bond acceptors (Lipinski definition) is 1. The Kier molecular flexibility index (Phi) is 14.7. The molecule has 2 heteroatoms. The van der Waals surface area contributed by atoms with Gasteiger partial charge < -0.3 is 5.11 Å². The minimum atomic E-state index is -0.678. The largest absolute Gasteiger partial charge is 0.481 e. The summed E-state index contributed by atoms with van der Waals surface area (Å²) in [6, 6.07) is 0. The molecule has 0 aromatic rings. The summed E-state index contributed by atoms with van der Waals surface area (Å²) in [7, 11) is 0. The lowest BCUT2D eigenvalue weighted by Crippen LogP contribution is -1.93. The van der Waals surface area contributed by atoms with Crippen LogP contribution < -0.4 is 0 Å². The highest BCUT2D eigenvalue weighted by molar-refractivity contribution is 5.66. The van der Waals surface area contributed by atoms with Crippen LogP contribution in [0.1, 0.15) is 71.1 Å². The molecule has 0 heterocycles. The van der Waals surface area contributed by atoms with Crippen LogP contribution in [0.5, 0.6) is 0 Å². The van der Waals surface area contributed by atoms with Crippen LogP contribution in [0.3, 0.4) is 0 Å². The molecule has 0 spiro atoms. The fourth-order valence-electron chi connectivity index (χ4n) is 1.88. The number of carboxylic acid groups (broad SMARTS) is 1. The first-order chi connectivity index (χ1) is 9.77. The van der Waals surface area contributed by atoms with E-state index < -0.39 is 5.97 Å². The fraction of sp³-hybridized carbons (Fsp3) is 0.611. The number of aliphatic carboxylic acids is 1. The summed E-state index contributed by atoms with van der Waals surface area (Å²) in [5, 5.41) is 8.50. The van der Waals surface area contributed by atoms with Crippen LogP contribution in [0.25, 0.3) is 0 Å². The SMILES string of the molecule is CC/C=C/C/C=C\CC/C=C/CCCCCCC(=O)O. The van der Waals surface area contributed by atoms with Gasteiger partial charge in [0, 0.05) is 6.42 Å². The molecule has 0 aliphatic rings. The van der Waals surface area contributed by atoms with E-state index in [-0.39, 0.29) is 0 Å². The van der Waals surface area contributed by atoms with Gasteiger partial charge in [-0.25, -0.2) is 0 Å². The maximum Gasteiger partial charge on any atom is 0.303 e. The van der Waals surface area contributed by atoms with Gasteiger partial charge >= 0.3 is 5.97 Å². The summed E-state index contributed by atoms with van der Waals surface area (Å²) in [6.45, 7) is 2.15. The van der Waals surface area contributed by atoms with Gasteiger partial charge in [-0.2, -0.15) is 0 Å². The fourth-order valence-corrected chi connectivity index (χ4v) is 1.88. The quantitative estimate of drug-likeness (QED) is 0.348. The number of hydrogen-bond donors (Lipinski definition) is 1. The third-order valence-electron chi connectivity index (χ3n) is 3.02. The Balaban J connectivity index is 3.24. The maximum atomic E-state index is 10.3. The molecule has 0 saturated carbocycles. The van der Waals surface area contributed by atoms with Gasteiger partial charge in [0.15, 0.2) is 0 Å². The Bertz CT molecular complexity index is 301. The molecule has 114 valence electrons. The van der Waals surface area contributed by atoms with Crippen molar-refractivity contribution in [2.45, 2.75) is 71.1 Å². The van der Waals surface area contributed by atoms with E-state index in [0.717, 1.165) is 51.4 Å². The molecular formula is C18H30O2. The molecule has 0 aliphatic heterocycles. The second kappa shape index (κ2) is 15.7. The average molecular weight is 278 g/mol. The summed E-state index contributed by atoms with van der Waals surface area (Å²) in [4.78, 5) is 10.3. The second-order valence-electron chi connectivity index (χ2n) is 4.98. The van der Waals surface area contributed by atoms with Gasteiger partial charge in [-0.1, -0.05) is 56.2 Å². The van der Waals surface area contributed by atoms with E-state index in [1.165, 1.54) is 6.42 Å². The highest BCUT2D eigenvalue weighted by Crippen LogP contribution is 2.06. The third kappa shape index (κ3) is 16.7. The van der Waals surface area contributed by atoms with Crippen LogP contribution in [0, 0.1) is 0 Å². The molecule has 0 fully saturated rings. The molecule has 1 N–H and O–H groups in total. The molecule has 0 bridgehead atoms. The van der Waals surface area contributed by atoms with Crippen LogP contribution in [-0.2, 0) is 4.79 Å². The topological polar surface area (TPSA) is 37.3 Å². The standard InChI is InChI=1S/C18H30O2/c1-2-3-4-5-6-7-8-9-10-11-12-13-14-15-16-17-18(19)20/h3-4,6-7,10-11H,2,5,8-9,12-17H2,1H3,(H,19,20)/b4-3+,7-6-,11-10+. The molecule has 20 heavy (non-hydrogen) atoms. The Morgan fingerprint density at radius 2 is 1.40 bits per heavy atom. The molecular weight excluding hydrogens is 248 g/mol. The van der Waals surface area contributed by atoms with E-state index in [9.17, 15) is 4.79 Å². The Labute approximate surface area is 124 Å². The summed E-state index contributed by atoms with van der Waals surface area (Å²) in [6.07, 6.45) is 23.4. The minimum absolute atomic E-state index is 0.315. The highest BCUT2D eigenvalue weighted by atomic mass is 16.4. The lowest BCUT2D eigenvalue weighted by Gasteiger charge is -1.96. The first kappa shape index (κ1) is 18.7. The second-order valence-corrected chi connectivity index (χ2v) is 4.98. The summed E-state index contributed by atoms with van der Waals surface area (Å²) < 4.78 is 0. The van der Waals surface area contributed by atoms with Gasteiger partial charge in [0.1, 0.15) is 0 Å². The van der Waals surface area contributed by atoms with E-state index >= 15 is 0 Å². The van der Waals surface area contributed by atoms with Gasteiger partial charge in [-0.15, -0.1) is 0 Å². The normalized spacial score (nSPS) is 12.1. The first-order valence-electron chi connectivity index (χ1n) is 7.94. The van der Waals surface area contributed by atoms with Gasteiger partial charge in [-0.3, -0.25) is 4.79 Å². The molecule has 0 rings (SSSR count). The average Bonchev–Trinajstić information content (AvgIpc) is 2.43. The van der Waals surface area contributed by atoms with Crippen molar-refractivity contribution in [3.63, 3.8) is 0 Å². The summed E-state index contributed by atoms with van der Waals surface area (Å²) in [5.74, 6) is -0.678. The lowest BCUT2D eigenvalue weighted by molar-refractivity contribution is -0.137. The van der Waals surface area contributed by atoms with Gasteiger partial charge in [-0.05, 0) is 44.9 Å². The Hall–Kier alpha value is -1.31. The van der Waals surface area contributed by atoms with Crippen molar-refractivity contribution in [1.82, 2.24) is 0 Å². The predicted molar refractivity (Wildman–Crippen MR) is 86.9 cm³/mol. The molecule has 0 atom stereocenters. The van der Waals surface area contributed by atoms with Crippen LogP contribution in [0.15, 0.2) is 36.5 Å². The van der Waals surface area contributed by atoms with E-state index in [1.54, 1.807) is 0 Å². The lowest BCUT2D eigenvalue weighted by atomic mass is 10.1. The Morgan fingerprint density at radius 1 is 0.800 bits per heavy atom. The number of rotatable bonds is 13. The zero-order valence-corrected chi connectivity index (χ0v) is 12.9. The summed E-state index contributed by atoms with van der Waals surface area (Å²) >= 11 is 0. The number of carbonyl (C=O) groups is 1. The van der Waals surface area contributed by atoms with Crippen LogP contribution in [0.2, 0.25) is 0 Å². The first-order valence-corrected chi connectivity index (χ1v) is 7.94. The van der Waals surface area contributed by atoms with Crippen LogP contribution in [-0.4, -0.2) is 11.1 Å². The number of unbranched alkanes of at least 4 members (excludes halogenated alkanes) is 5. The van der Waals surface area contributed by atoms with Gasteiger partial charge in [0.05, 0.1) is 0 Å². The smallest absolute Gasteiger partial charge is 0.303 e. The van der Waals surface area contributed by atoms with E-state index in [0.29, 0.717) is 6.42 Å². The number of allylic oxidation sites excluding steroid dienone is 6.